The molecule has 1 aromatic carbocycles. The van der Waals surface area contributed by atoms with Gasteiger partial charge in [0.1, 0.15) is 5.75 Å². The van der Waals surface area contributed by atoms with Crippen LogP contribution in [0.4, 0.5) is 5.69 Å². The zero-order chi connectivity index (χ0) is 12.4. The van der Waals surface area contributed by atoms with Gasteiger partial charge in [-0.2, -0.15) is 0 Å². The highest BCUT2D eigenvalue weighted by Crippen LogP contribution is 2.25. The van der Waals surface area contributed by atoms with Gasteiger partial charge in [-0.25, -0.2) is 4.98 Å². The highest BCUT2D eigenvalue weighted by molar-refractivity contribution is 5.46. The van der Waals surface area contributed by atoms with Crippen molar-refractivity contribution in [3.8, 4) is 11.6 Å². The molecule has 0 unspecified atom stereocenters. The molecule has 0 aliphatic carbocycles. The maximum absolute atomic E-state index is 5.73. The van der Waals surface area contributed by atoms with Crippen LogP contribution in [-0.2, 0) is 0 Å². The van der Waals surface area contributed by atoms with Crippen LogP contribution in [0, 0.1) is 20.8 Å². The third-order valence-electron chi connectivity index (χ3n) is 2.67. The van der Waals surface area contributed by atoms with Crippen LogP contribution < -0.4 is 10.5 Å². The van der Waals surface area contributed by atoms with E-state index in [-0.39, 0.29) is 0 Å². The lowest BCUT2D eigenvalue weighted by atomic mass is 10.1. The molecule has 17 heavy (non-hydrogen) atoms. The molecule has 2 aromatic rings. The summed E-state index contributed by atoms with van der Waals surface area (Å²) in [7, 11) is 0. The molecule has 3 nitrogen and oxygen atoms in total. The van der Waals surface area contributed by atoms with Crippen LogP contribution in [0.5, 0.6) is 11.6 Å². The summed E-state index contributed by atoms with van der Waals surface area (Å²) in [5.74, 6) is 1.40. The molecule has 0 aliphatic rings. The minimum Gasteiger partial charge on any atom is -0.439 e. The maximum atomic E-state index is 5.73. The zero-order valence-electron chi connectivity index (χ0n) is 10.3. The largest absolute Gasteiger partial charge is 0.439 e. The summed E-state index contributed by atoms with van der Waals surface area (Å²) in [5, 5.41) is 0. The van der Waals surface area contributed by atoms with Crippen LogP contribution in [0.1, 0.15) is 16.7 Å². The Hall–Kier alpha value is -2.03. The Labute approximate surface area is 101 Å². The van der Waals surface area contributed by atoms with Gasteiger partial charge in [0, 0.05) is 6.07 Å². The first-order chi connectivity index (χ1) is 8.06. The van der Waals surface area contributed by atoms with Crippen molar-refractivity contribution in [2.24, 2.45) is 0 Å². The summed E-state index contributed by atoms with van der Waals surface area (Å²) in [6.45, 7) is 6.01. The van der Waals surface area contributed by atoms with Crippen LogP contribution in [-0.4, -0.2) is 4.98 Å². The smallest absolute Gasteiger partial charge is 0.219 e. The molecule has 1 aromatic heterocycles. The molecule has 0 radical (unpaired) electrons. The fourth-order valence-corrected chi connectivity index (χ4v) is 1.62. The topological polar surface area (TPSA) is 48.1 Å². The van der Waals surface area contributed by atoms with Gasteiger partial charge in [0.05, 0.1) is 11.9 Å². The van der Waals surface area contributed by atoms with Gasteiger partial charge in [0.15, 0.2) is 0 Å². The number of pyridine rings is 1. The van der Waals surface area contributed by atoms with Crippen LogP contribution >= 0.6 is 0 Å². The van der Waals surface area contributed by atoms with E-state index < -0.39 is 0 Å². The number of nitrogen functional groups attached to an aromatic ring is 1. The molecule has 2 rings (SSSR count). The zero-order valence-corrected chi connectivity index (χ0v) is 10.3. The van der Waals surface area contributed by atoms with Gasteiger partial charge in [-0.3, -0.25) is 0 Å². The number of nitrogens with two attached hydrogens (primary N) is 1. The molecular formula is C14H16N2O. The molecule has 0 amide bonds. The average molecular weight is 228 g/mol. The highest BCUT2D eigenvalue weighted by Gasteiger charge is 2.04. The summed E-state index contributed by atoms with van der Waals surface area (Å²) >= 11 is 0. The third-order valence-corrected chi connectivity index (χ3v) is 2.67. The summed E-state index contributed by atoms with van der Waals surface area (Å²) in [5.41, 5.74) is 9.68. The van der Waals surface area contributed by atoms with Crippen molar-refractivity contribution in [1.29, 1.82) is 0 Å². The molecule has 88 valence electrons. The Kier molecular flexibility index (Phi) is 3.00. The van der Waals surface area contributed by atoms with Gasteiger partial charge in [-0.15, -0.1) is 0 Å². The van der Waals surface area contributed by atoms with Crippen molar-refractivity contribution in [2.45, 2.75) is 20.8 Å². The number of rotatable bonds is 2. The fourth-order valence-electron chi connectivity index (χ4n) is 1.62. The maximum Gasteiger partial charge on any atom is 0.219 e. The Bertz CT molecular complexity index is 550. The second-order valence-electron chi connectivity index (χ2n) is 4.25. The highest BCUT2D eigenvalue weighted by atomic mass is 16.5. The van der Waals surface area contributed by atoms with E-state index in [1.165, 1.54) is 5.56 Å². The van der Waals surface area contributed by atoms with E-state index >= 15 is 0 Å². The standard InChI is InChI=1S/C14H16N2O/c1-9-4-5-13(11(3)6-9)17-14-7-10(2)12(15)8-16-14/h4-8H,15H2,1-3H3. The summed E-state index contributed by atoms with van der Waals surface area (Å²) in [4.78, 5) is 4.15. The van der Waals surface area contributed by atoms with Crippen LogP contribution in [0.3, 0.4) is 0 Å². The second-order valence-corrected chi connectivity index (χ2v) is 4.25. The van der Waals surface area contributed by atoms with E-state index in [1.807, 2.05) is 32.0 Å². The molecule has 2 N–H and O–H groups in total. The summed E-state index contributed by atoms with van der Waals surface area (Å²) < 4.78 is 5.73. The molecule has 0 atom stereocenters. The minimum atomic E-state index is 0.573. The Morgan fingerprint density at radius 3 is 2.47 bits per heavy atom. The molecule has 0 aliphatic heterocycles. The van der Waals surface area contributed by atoms with Crippen molar-refractivity contribution in [1.82, 2.24) is 4.98 Å². The van der Waals surface area contributed by atoms with Gasteiger partial charge >= 0.3 is 0 Å². The predicted octanol–water partition coefficient (Wildman–Crippen LogP) is 3.38. The van der Waals surface area contributed by atoms with Crippen LogP contribution in [0.25, 0.3) is 0 Å². The van der Waals surface area contributed by atoms with Gasteiger partial charge in [0.2, 0.25) is 5.88 Å². The molecule has 0 saturated carbocycles. The van der Waals surface area contributed by atoms with Crippen molar-refractivity contribution in [3.63, 3.8) is 0 Å². The van der Waals surface area contributed by atoms with Crippen LogP contribution in [0.2, 0.25) is 0 Å². The molecular weight excluding hydrogens is 212 g/mol. The van der Waals surface area contributed by atoms with E-state index in [0.717, 1.165) is 16.9 Å². The first-order valence-corrected chi connectivity index (χ1v) is 5.53. The molecule has 1 heterocycles. The lowest BCUT2D eigenvalue weighted by molar-refractivity contribution is 0.459. The number of ether oxygens (including phenoxy) is 1. The van der Waals surface area contributed by atoms with E-state index in [2.05, 4.69) is 18.0 Å². The number of nitrogens with zero attached hydrogens (tertiary/aromatic N) is 1. The van der Waals surface area contributed by atoms with E-state index in [0.29, 0.717) is 11.6 Å². The Morgan fingerprint density at radius 2 is 1.82 bits per heavy atom. The summed E-state index contributed by atoms with van der Waals surface area (Å²) in [6.07, 6.45) is 1.62. The third kappa shape index (κ3) is 2.56. The van der Waals surface area contributed by atoms with E-state index in [9.17, 15) is 0 Å². The quantitative estimate of drug-likeness (QED) is 0.857. The van der Waals surface area contributed by atoms with Crippen molar-refractivity contribution in [2.75, 3.05) is 5.73 Å². The minimum absolute atomic E-state index is 0.573. The van der Waals surface area contributed by atoms with Crippen molar-refractivity contribution in [3.05, 3.63) is 47.2 Å². The van der Waals surface area contributed by atoms with Gasteiger partial charge in [-0.1, -0.05) is 17.7 Å². The number of benzene rings is 1. The first-order valence-electron chi connectivity index (χ1n) is 5.53. The van der Waals surface area contributed by atoms with E-state index in [1.54, 1.807) is 6.20 Å². The molecule has 0 saturated heterocycles. The number of hydrogen-bond acceptors (Lipinski definition) is 3. The SMILES string of the molecule is Cc1ccc(Oc2cc(C)c(N)cn2)c(C)c1. The molecule has 0 spiro atoms. The number of aromatic nitrogens is 1. The number of hydrogen-bond donors (Lipinski definition) is 1. The summed E-state index contributed by atoms with van der Waals surface area (Å²) in [6, 6.07) is 7.90. The monoisotopic (exact) mass is 228 g/mol. The Balaban J connectivity index is 2.28. The first kappa shape index (κ1) is 11.5. The van der Waals surface area contributed by atoms with Crippen molar-refractivity contribution >= 4 is 5.69 Å². The molecule has 0 bridgehead atoms. The van der Waals surface area contributed by atoms with Crippen molar-refractivity contribution < 1.29 is 4.74 Å². The van der Waals surface area contributed by atoms with Gasteiger partial charge < -0.3 is 10.5 Å². The number of aryl methyl sites for hydroxylation is 3. The van der Waals surface area contributed by atoms with Crippen LogP contribution in [0.15, 0.2) is 30.5 Å². The normalized spacial score (nSPS) is 10.3. The van der Waals surface area contributed by atoms with E-state index in [4.69, 9.17) is 10.5 Å². The predicted molar refractivity (Wildman–Crippen MR) is 69.4 cm³/mol. The average Bonchev–Trinajstić information content (AvgIpc) is 2.27. The lowest BCUT2D eigenvalue weighted by Gasteiger charge is -2.09. The number of anilines is 1. The fraction of sp³-hybridized carbons (Fsp3) is 0.214. The van der Waals surface area contributed by atoms with Gasteiger partial charge in [-0.05, 0) is 38.0 Å². The second kappa shape index (κ2) is 4.45. The van der Waals surface area contributed by atoms with Gasteiger partial charge in [0.25, 0.3) is 0 Å². The molecule has 3 heteroatoms. The Morgan fingerprint density at radius 1 is 1.06 bits per heavy atom. The lowest BCUT2D eigenvalue weighted by Crippen LogP contribution is -1.95. The molecule has 0 fully saturated rings.